The molecule has 0 saturated carbocycles. The summed E-state index contributed by atoms with van der Waals surface area (Å²) in [4.78, 5) is 15.0. The molecular formula is C24H29NO11. The molecule has 0 bridgehead atoms. The van der Waals surface area contributed by atoms with Crippen LogP contribution in [0.5, 0.6) is 51.7 Å². The molecule has 12 heteroatoms. The van der Waals surface area contributed by atoms with E-state index in [9.17, 15) is 45.6 Å². The van der Waals surface area contributed by atoms with Crippen molar-refractivity contribution in [3.8, 4) is 51.7 Å². The molecule has 2 aliphatic rings. The molecule has 1 heterocycles. The molecule has 2 aromatic carbocycles. The van der Waals surface area contributed by atoms with Crippen LogP contribution in [0.15, 0.2) is 0 Å². The molecular weight excluding hydrogens is 478 g/mol. The molecule has 8 N–H and O–H groups in total. The normalized spacial score (nSPS) is 20.5. The average Bonchev–Trinajstić information content (AvgIpc) is 3.13. The van der Waals surface area contributed by atoms with Crippen molar-refractivity contribution in [2.45, 2.75) is 37.8 Å². The fourth-order valence-corrected chi connectivity index (χ4v) is 5.23. The van der Waals surface area contributed by atoms with Crippen molar-refractivity contribution in [2.24, 2.45) is 5.92 Å². The third-order valence-electron chi connectivity index (χ3n) is 7.17. The fraction of sp³-hybridized carbons (Fsp3) is 0.458. The summed E-state index contributed by atoms with van der Waals surface area (Å²) >= 11 is 0. The molecule has 36 heavy (non-hydrogen) atoms. The van der Waals surface area contributed by atoms with Crippen molar-refractivity contribution in [1.82, 2.24) is 4.90 Å². The van der Waals surface area contributed by atoms with E-state index in [0.717, 1.165) is 0 Å². The lowest BCUT2D eigenvalue weighted by Gasteiger charge is -2.35. The number of carbonyl (C=O) groups is 1. The summed E-state index contributed by atoms with van der Waals surface area (Å²) in [6, 6.07) is 0. The van der Waals surface area contributed by atoms with Gasteiger partial charge in [0.05, 0.1) is 25.3 Å². The lowest BCUT2D eigenvalue weighted by atomic mass is 9.82. The first-order valence-corrected chi connectivity index (χ1v) is 11.3. The number of fused-ring (bicyclic) bond motifs is 1. The van der Waals surface area contributed by atoms with Crippen LogP contribution in [0, 0.1) is 5.92 Å². The third kappa shape index (κ3) is 3.82. The first kappa shape index (κ1) is 25.3. The van der Waals surface area contributed by atoms with E-state index in [1.165, 1.54) is 14.2 Å². The van der Waals surface area contributed by atoms with E-state index in [1.807, 2.05) is 4.90 Å². The number of phenols is 7. The van der Waals surface area contributed by atoms with E-state index in [-0.39, 0.29) is 59.2 Å². The minimum atomic E-state index is -1.84. The number of ether oxygens (including phenoxy) is 2. The van der Waals surface area contributed by atoms with Crippen LogP contribution in [0.3, 0.4) is 0 Å². The summed E-state index contributed by atoms with van der Waals surface area (Å²) < 4.78 is 10.2. The Labute approximate surface area is 205 Å². The van der Waals surface area contributed by atoms with Gasteiger partial charge in [0.15, 0.2) is 28.8 Å². The number of aromatic hydroxyl groups is 7. The number of methoxy groups -OCH3 is 2. The van der Waals surface area contributed by atoms with Crippen molar-refractivity contribution in [2.75, 3.05) is 27.3 Å². The summed E-state index contributed by atoms with van der Waals surface area (Å²) in [5.74, 6) is -6.37. The Morgan fingerprint density at radius 3 is 1.83 bits per heavy atom. The van der Waals surface area contributed by atoms with Gasteiger partial charge >= 0.3 is 0 Å². The number of aliphatic hydroxyl groups is 1. The highest BCUT2D eigenvalue weighted by molar-refractivity contribution is 6.10. The zero-order chi connectivity index (χ0) is 26.5. The molecule has 196 valence electrons. The van der Waals surface area contributed by atoms with Gasteiger partial charge in [-0.05, 0) is 38.3 Å². The largest absolute Gasteiger partial charge is 0.504 e. The van der Waals surface area contributed by atoms with Crippen LogP contribution in [0.2, 0.25) is 0 Å². The van der Waals surface area contributed by atoms with Crippen molar-refractivity contribution >= 4 is 5.78 Å². The monoisotopic (exact) mass is 507 g/mol. The Kier molecular flexibility index (Phi) is 6.35. The standard InChI is InChI=1S/C24H29NO11/c1-35-21-16(28)11-8-24(34,23(33)13(11)17(29)22(21)36-2)7-10-3-5-25(6-4-10)9-12-14(26)18(30)20(32)19(31)15(12)27/h10,26-32,34H,3-9H2,1-2H3. The van der Waals surface area contributed by atoms with Gasteiger partial charge in [0, 0.05) is 18.5 Å². The molecule has 12 nitrogen and oxygen atoms in total. The Bertz CT molecular complexity index is 1190. The van der Waals surface area contributed by atoms with Gasteiger partial charge in [0.2, 0.25) is 28.7 Å². The van der Waals surface area contributed by atoms with Crippen molar-refractivity contribution in [3.05, 3.63) is 16.7 Å². The molecule has 0 amide bonds. The molecule has 1 saturated heterocycles. The second-order valence-corrected chi connectivity index (χ2v) is 9.30. The molecule has 1 atom stereocenters. The number of likely N-dealkylation sites (tertiary alicyclic amines) is 1. The number of piperidine rings is 1. The maximum atomic E-state index is 13.2. The van der Waals surface area contributed by atoms with Gasteiger partial charge in [0.1, 0.15) is 5.60 Å². The highest BCUT2D eigenvalue weighted by Gasteiger charge is 2.50. The highest BCUT2D eigenvalue weighted by Crippen LogP contribution is 2.54. The number of hydrogen-bond acceptors (Lipinski definition) is 12. The summed E-state index contributed by atoms with van der Waals surface area (Å²) in [6.45, 7) is 0.865. The Morgan fingerprint density at radius 2 is 1.31 bits per heavy atom. The summed E-state index contributed by atoms with van der Waals surface area (Å²) in [7, 11) is 2.53. The summed E-state index contributed by atoms with van der Waals surface area (Å²) in [5, 5.41) is 81.7. The minimum absolute atomic E-state index is 0.0260. The maximum absolute atomic E-state index is 13.2. The maximum Gasteiger partial charge on any atom is 0.208 e. The van der Waals surface area contributed by atoms with Gasteiger partial charge < -0.3 is 50.3 Å². The Hall–Kier alpha value is -3.77. The SMILES string of the molecule is COc1c(O)c2c(c(O)c1OC)C(=O)C(O)(CC1CCN(Cc3c(O)c(O)c(O)c(O)c3O)CC1)C2. The molecule has 1 aliphatic carbocycles. The van der Waals surface area contributed by atoms with Gasteiger partial charge in [-0.3, -0.25) is 9.69 Å². The van der Waals surface area contributed by atoms with Crippen LogP contribution in [-0.2, 0) is 13.0 Å². The van der Waals surface area contributed by atoms with Gasteiger partial charge in [-0.15, -0.1) is 0 Å². The number of rotatable bonds is 6. The zero-order valence-electron chi connectivity index (χ0n) is 19.8. The average molecular weight is 507 g/mol. The van der Waals surface area contributed by atoms with Crippen LogP contribution in [0.1, 0.15) is 40.7 Å². The Balaban J connectivity index is 1.47. The van der Waals surface area contributed by atoms with Crippen LogP contribution in [-0.4, -0.2) is 84.4 Å². The molecule has 1 fully saturated rings. The quantitative estimate of drug-likeness (QED) is 0.207. The lowest BCUT2D eigenvalue weighted by Crippen LogP contribution is -2.41. The van der Waals surface area contributed by atoms with E-state index in [4.69, 9.17) is 9.47 Å². The zero-order valence-corrected chi connectivity index (χ0v) is 19.8. The van der Waals surface area contributed by atoms with Crippen LogP contribution in [0.25, 0.3) is 0 Å². The van der Waals surface area contributed by atoms with Crippen LogP contribution in [0.4, 0.5) is 0 Å². The number of benzene rings is 2. The van der Waals surface area contributed by atoms with E-state index in [0.29, 0.717) is 25.9 Å². The molecule has 2 aromatic rings. The third-order valence-corrected chi connectivity index (χ3v) is 7.17. The van der Waals surface area contributed by atoms with Gasteiger partial charge in [-0.25, -0.2) is 0 Å². The summed E-state index contributed by atoms with van der Waals surface area (Å²) in [6.07, 6.45) is 0.951. The smallest absolute Gasteiger partial charge is 0.208 e. The predicted octanol–water partition coefficient (Wildman–Crippen LogP) is 1.42. The Morgan fingerprint density at radius 1 is 0.806 bits per heavy atom. The number of nitrogens with zero attached hydrogens (tertiary/aromatic N) is 1. The van der Waals surface area contributed by atoms with Gasteiger partial charge in [0.25, 0.3) is 0 Å². The molecule has 0 spiro atoms. The summed E-state index contributed by atoms with van der Waals surface area (Å²) in [5.41, 5.74) is -2.09. The molecule has 4 rings (SSSR count). The number of carbonyl (C=O) groups excluding carboxylic acids is 1. The van der Waals surface area contributed by atoms with E-state index >= 15 is 0 Å². The number of Topliss-reactive ketones (excluding diaryl/α,β-unsaturated/α-hetero) is 1. The second-order valence-electron chi connectivity index (χ2n) is 9.30. The van der Waals surface area contributed by atoms with Crippen molar-refractivity contribution < 1.29 is 55.1 Å². The number of phenolic OH excluding ortho intramolecular Hbond substituents is 7. The van der Waals surface area contributed by atoms with Gasteiger partial charge in [-0.1, -0.05) is 0 Å². The lowest BCUT2D eigenvalue weighted by molar-refractivity contribution is 0.0162. The highest BCUT2D eigenvalue weighted by atomic mass is 16.5. The van der Waals surface area contributed by atoms with E-state index in [1.54, 1.807) is 0 Å². The molecule has 0 aromatic heterocycles. The fourth-order valence-electron chi connectivity index (χ4n) is 5.23. The van der Waals surface area contributed by atoms with Gasteiger partial charge in [-0.2, -0.15) is 0 Å². The number of hydrogen-bond donors (Lipinski definition) is 8. The van der Waals surface area contributed by atoms with E-state index < -0.39 is 45.9 Å². The molecule has 0 radical (unpaired) electrons. The minimum Gasteiger partial charge on any atom is -0.504 e. The topological polar surface area (TPSA) is 201 Å². The first-order valence-electron chi connectivity index (χ1n) is 11.3. The molecule has 1 unspecified atom stereocenters. The van der Waals surface area contributed by atoms with Crippen molar-refractivity contribution in [1.29, 1.82) is 0 Å². The van der Waals surface area contributed by atoms with Crippen molar-refractivity contribution in [3.63, 3.8) is 0 Å². The number of ketones is 1. The van der Waals surface area contributed by atoms with Crippen LogP contribution < -0.4 is 9.47 Å². The molecule has 1 aliphatic heterocycles. The van der Waals surface area contributed by atoms with E-state index in [2.05, 4.69) is 0 Å². The van der Waals surface area contributed by atoms with Crippen LogP contribution >= 0.6 is 0 Å². The first-order chi connectivity index (χ1) is 16.9. The second kappa shape index (κ2) is 9.03. The predicted molar refractivity (Wildman–Crippen MR) is 123 cm³/mol.